The van der Waals surface area contributed by atoms with Crippen LogP contribution in [-0.2, 0) is 16.0 Å². The van der Waals surface area contributed by atoms with E-state index in [4.69, 9.17) is 22.1 Å². The molecular weight excluding hydrogens is 338 g/mol. The molecule has 1 aromatic carbocycles. The van der Waals surface area contributed by atoms with Crippen LogP contribution in [0.1, 0.15) is 19.5 Å². The summed E-state index contributed by atoms with van der Waals surface area (Å²) in [5.74, 6) is -0.296. The second kappa shape index (κ2) is 6.97. The standard InChI is InChI=1S/C15H16ClN3O3S/c1-15(2,22-11-5-3-9(16)4-6-11)13(21)19-14-18-10(8-23-14)7-12(17)20/h3-6,8H,7H2,1-2H3,(H2,17,20)(H,18,19,21). The summed E-state index contributed by atoms with van der Waals surface area (Å²) in [6.45, 7) is 3.30. The van der Waals surface area contributed by atoms with Crippen LogP contribution in [0, 0.1) is 0 Å². The van der Waals surface area contributed by atoms with Crippen LogP contribution in [0.5, 0.6) is 5.75 Å². The Morgan fingerprint density at radius 2 is 2.00 bits per heavy atom. The van der Waals surface area contributed by atoms with E-state index < -0.39 is 11.5 Å². The topological polar surface area (TPSA) is 94.3 Å². The summed E-state index contributed by atoms with van der Waals surface area (Å²) < 4.78 is 5.69. The van der Waals surface area contributed by atoms with Crippen LogP contribution in [0.4, 0.5) is 5.13 Å². The number of aromatic nitrogens is 1. The molecule has 0 radical (unpaired) electrons. The quantitative estimate of drug-likeness (QED) is 0.834. The molecule has 0 aliphatic carbocycles. The molecule has 0 aliphatic rings. The fraction of sp³-hybridized carbons (Fsp3) is 0.267. The third kappa shape index (κ3) is 4.94. The van der Waals surface area contributed by atoms with Gasteiger partial charge in [-0.25, -0.2) is 4.98 Å². The van der Waals surface area contributed by atoms with E-state index in [1.165, 1.54) is 11.3 Å². The molecule has 0 aliphatic heterocycles. The molecule has 3 N–H and O–H groups in total. The molecule has 6 nitrogen and oxygen atoms in total. The van der Waals surface area contributed by atoms with Crippen molar-refractivity contribution in [3.05, 3.63) is 40.4 Å². The van der Waals surface area contributed by atoms with Crippen molar-refractivity contribution in [2.45, 2.75) is 25.9 Å². The zero-order valence-electron chi connectivity index (χ0n) is 12.6. The maximum Gasteiger partial charge on any atom is 0.269 e. The van der Waals surface area contributed by atoms with E-state index in [-0.39, 0.29) is 12.3 Å². The first-order chi connectivity index (χ1) is 10.8. The summed E-state index contributed by atoms with van der Waals surface area (Å²) >= 11 is 7.04. The Labute approximate surface area is 142 Å². The van der Waals surface area contributed by atoms with Crippen molar-refractivity contribution in [1.29, 1.82) is 0 Å². The smallest absolute Gasteiger partial charge is 0.269 e. The van der Waals surface area contributed by atoms with Crippen LogP contribution in [-0.4, -0.2) is 22.4 Å². The van der Waals surface area contributed by atoms with Crippen molar-refractivity contribution in [2.75, 3.05) is 5.32 Å². The lowest BCUT2D eigenvalue weighted by Crippen LogP contribution is -2.42. The molecule has 8 heteroatoms. The highest BCUT2D eigenvalue weighted by molar-refractivity contribution is 7.13. The van der Waals surface area contributed by atoms with Gasteiger partial charge in [-0.2, -0.15) is 0 Å². The lowest BCUT2D eigenvalue weighted by atomic mass is 10.1. The number of primary amides is 1. The third-order valence-electron chi connectivity index (χ3n) is 2.86. The molecule has 1 aromatic heterocycles. The molecule has 0 spiro atoms. The van der Waals surface area contributed by atoms with Crippen LogP contribution < -0.4 is 15.8 Å². The van der Waals surface area contributed by atoms with Crippen molar-refractivity contribution in [1.82, 2.24) is 4.98 Å². The van der Waals surface area contributed by atoms with E-state index in [1.807, 2.05) is 0 Å². The van der Waals surface area contributed by atoms with Gasteiger partial charge in [0.05, 0.1) is 12.1 Å². The number of nitrogens with one attached hydrogen (secondary N) is 1. The van der Waals surface area contributed by atoms with Gasteiger partial charge in [0.2, 0.25) is 5.91 Å². The number of hydrogen-bond acceptors (Lipinski definition) is 5. The molecule has 0 bridgehead atoms. The first kappa shape index (κ1) is 17.2. The van der Waals surface area contributed by atoms with Gasteiger partial charge in [0, 0.05) is 10.4 Å². The largest absolute Gasteiger partial charge is 0.478 e. The number of hydrogen-bond donors (Lipinski definition) is 2. The SMILES string of the molecule is CC(C)(Oc1ccc(Cl)cc1)C(=O)Nc1nc(CC(N)=O)cs1. The summed E-state index contributed by atoms with van der Waals surface area (Å²) in [6, 6.07) is 6.74. The predicted molar refractivity (Wildman–Crippen MR) is 89.8 cm³/mol. The van der Waals surface area contributed by atoms with E-state index >= 15 is 0 Å². The summed E-state index contributed by atoms with van der Waals surface area (Å²) in [4.78, 5) is 27.3. The fourth-order valence-corrected chi connectivity index (χ4v) is 2.55. The minimum Gasteiger partial charge on any atom is -0.478 e. The van der Waals surface area contributed by atoms with Crippen LogP contribution in [0.3, 0.4) is 0 Å². The van der Waals surface area contributed by atoms with Gasteiger partial charge >= 0.3 is 0 Å². The second-order valence-electron chi connectivity index (χ2n) is 5.31. The average Bonchev–Trinajstić information content (AvgIpc) is 2.87. The summed E-state index contributed by atoms with van der Waals surface area (Å²) in [5, 5.41) is 5.32. The Hall–Kier alpha value is -2.12. The predicted octanol–water partition coefficient (Wildman–Crippen LogP) is 2.62. The Morgan fingerprint density at radius 3 is 2.61 bits per heavy atom. The number of nitrogens with two attached hydrogens (primary N) is 1. The van der Waals surface area contributed by atoms with Crippen molar-refractivity contribution < 1.29 is 14.3 Å². The number of thiazole rings is 1. The van der Waals surface area contributed by atoms with Crippen LogP contribution in [0.2, 0.25) is 5.02 Å². The van der Waals surface area contributed by atoms with Gasteiger partial charge in [-0.3, -0.25) is 14.9 Å². The highest BCUT2D eigenvalue weighted by atomic mass is 35.5. The molecule has 2 aromatic rings. The Kier molecular flexibility index (Phi) is 5.23. The number of amides is 2. The molecule has 2 rings (SSSR count). The van der Waals surface area contributed by atoms with Gasteiger partial charge in [0.1, 0.15) is 5.75 Å². The van der Waals surface area contributed by atoms with Crippen LogP contribution >= 0.6 is 22.9 Å². The number of nitrogens with zero attached hydrogens (tertiary/aromatic N) is 1. The molecule has 0 saturated carbocycles. The summed E-state index contributed by atoms with van der Waals surface area (Å²) in [5.41, 5.74) is 4.52. The molecule has 0 atom stereocenters. The van der Waals surface area contributed by atoms with Crippen molar-refractivity contribution >= 4 is 39.9 Å². The molecular formula is C15H16ClN3O3S. The second-order valence-corrected chi connectivity index (χ2v) is 6.60. The monoisotopic (exact) mass is 353 g/mol. The molecule has 23 heavy (non-hydrogen) atoms. The normalized spacial score (nSPS) is 11.1. The maximum atomic E-state index is 12.3. The summed E-state index contributed by atoms with van der Waals surface area (Å²) in [7, 11) is 0. The number of halogens is 1. The first-order valence-corrected chi connectivity index (χ1v) is 8.01. The molecule has 1 heterocycles. The van der Waals surface area contributed by atoms with Gasteiger partial charge in [0.15, 0.2) is 10.7 Å². The zero-order chi connectivity index (χ0) is 17.0. The highest BCUT2D eigenvalue weighted by Gasteiger charge is 2.30. The number of rotatable bonds is 6. The Bertz CT molecular complexity index is 713. The van der Waals surface area contributed by atoms with Gasteiger partial charge in [-0.1, -0.05) is 11.6 Å². The number of ether oxygens (including phenoxy) is 1. The van der Waals surface area contributed by atoms with Gasteiger partial charge in [-0.15, -0.1) is 11.3 Å². The van der Waals surface area contributed by atoms with Crippen molar-refractivity contribution in [2.24, 2.45) is 5.73 Å². The summed E-state index contributed by atoms with van der Waals surface area (Å²) in [6.07, 6.45) is 0.0387. The highest BCUT2D eigenvalue weighted by Crippen LogP contribution is 2.23. The molecule has 2 amide bonds. The van der Waals surface area contributed by atoms with E-state index in [9.17, 15) is 9.59 Å². The van der Waals surface area contributed by atoms with E-state index in [2.05, 4.69) is 10.3 Å². The first-order valence-electron chi connectivity index (χ1n) is 6.75. The lowest BCUT2D eigenvalue weighted by molar-refractivity contribution is -0.128. The Balaban J connectivity index is 2.01. The van der Waals surface area contributed by atoms with Crippen LogP contribution in [0.15, 0.2) is 29.6 Å². The molecule has 0 saturated heterocycles. The number of carbonyl (C=O) groups is 2. The fourth-order valence-electron chi connectivity index (χ4n) is 1.72. The Morgan fingerprint density at radius 1 is 1.35 bits per heavy atom. The number of anilines is 1. The van der Waals surface area contributed by atoms with Gasteiger partial charge < -0.3 is 10.5 Å². The van der Waals surface area contributed by atoms with Crippen molar-refractivity contribution in [3.63, 3.8) is 0 Å². The van der Waals surface area contributed by atoms with E-state index in [0.717, 1.165) is 0 Å². The van der Waals surface area contributed by atoms with E-state index in [0.29, 0.717) is 21.6 Å². The van der Waals surface area contributed by atoms with Crippen molar-refractivity contribution in [3.8, 4) is 5.75 Å². The maximum absolute atomic E-state index is 12.3. The molecule has 0 fully saturated rings. The third-order valence-corrected chi connectivity index (χ3v) is 3.92. The minimum atomic E-state index is -1.11. The molecule has 0 unspecified atom stereocenters. The molecule has 122 valence electrons. The van der Waals surface area contributed by atoms with Gasteiger partial charge in [-0.05, 0) is 38.1 Å². The lowest BCUT2D eigenvalue weighted by Gasteiger charge is -2.24. The average molecular weight is 354 g/mol. The van der Waals surface area contributed by atoms with E-state index in [1.54, 1.807) is 43.5 Å². The van der Waals surface area contributed by atoms with Gasteiger partial charge in [0.25, 0.3) is 5.91 Å². The number of benzene rings is 1. The zero-order valence-corrected chi connectivity index (χ0v) is 14.2. The number of carbonyl (C=O) groups excluding carboxylic acids is 2. The van der Waals surface area contributed by atoms with Crippen LogP contribution in [0.25, 0.3) is 0 Å². The minimum absolute atomic E-state index is 0.0387.